The molecular formula is C17H24N6. The standard InChI is InChI=1S/C17H24N6/c18-15-21-16(19)23(17(22-15)8-2-1-3-9-17)14-6-4-5-12-11-20-10-7-13(12)14/h4-6,20H,1-3,7-11H2,(H4,18,19,21,22). The van der Waals surface area contributed by atoms with Gasteiger partial charge in [0.15, 0.2) is 0 Å². The Morgan fingerprint density at radius 3 is 2.78 bits per heavy atom. The Kier molecular flexibility index (Phi) is 3.49. The van der Waals surface area contributed by atoms with Crippen molar-refractivity contribution in [3.05, 3.63) is 29.3 Å². The van der Waals surface area contributed by atoms with Crippen LogP contribution >= 0.6 is 0 Å². The Hall–Kier alpha value is -2.08. The van der Waals surface area contributed by atoms with Crippen molar-refractivity contribution < 1.29 is 0 Å². The number of hydrogen-bond donors (Lipinski definition) is 3. The third-order valence-corrected chi connectivity index (χ3v) is 5.21. The summed E-state index contributed by atoms with van der Waals surface area (Å²) >= 11 is 0. The van der Waals surface area contributed by atoms with E-state index in [-0.39, 0.29) is 5.66 Å². The molecule has 2 aliphatic heterocycles. The van der Waals surface area contributed by atoms with E-state index in [0.29, 0.717) is 11.9 Å². The van der Waals surface area contributed by atoms with E-state index in [9.17, 15) is 0 Å². The maximum absolute atomic E-state index is 6.34. The van der Waals surface area contributed by atoms with E-state index in [1.807, 2.05) is 0 Å². The number of fused-ring (bicyclic) bond motifs is 1. The summed E-state index contributed by atoms with van der Waals surface area (Å²) in [5.74, 6) is 0.790. The highest BCUT2D eigenvalue weighted by molar-refractivity contribution is 6.06. The molecule has 0 unspecified atom stereocenters. The zero-order valence-corrected chi connectivity index (χ0v) is 13.4. The van der Waals surface area contributed by atoms with Crippen LogP contribution < -0.4 is 21.7 Å². The van der Waals surface area contributed by atoms with Gasteiger partial charge in [0, 0.05) is 12.2 Å². The van der Waals surface area contributed by atoms with Crippen molar-refractivity contribution in [1.29, 1.82) is 0 Å². The van der Waals surface area contributed by atoms with E-state index in [2.05, 4.69) is 33.4 Å². The second-order valence-electron chi connectivity index (χ2n) is 6.66. The first-order valence-electron chi connectivity index (χ1n) is 8.51. The number of rotatable bonds is 1. The van der Waals surface area contributed by atoms with Crippen molar-refractivity contribution >= 4 is 17.6 Å². The molecule has 1 spiro atoms. The van der Waals surface area contributed by atoms with Crippen molar-refractivity contribution in [2.75, 3.05) is 11.4 Å². The average Bonchev–Trinajstić information content (AvgIpc) is 2.55. The Bertz CT molecular complexity index is 672. The van der Waals surface area contributed by atoms with E-state index in [0.717, 1.165) is 50.9 Å². The zero-order chi connectivity index (χ0) is 15.9. The number of benzene rings is 1. The molecule has 3 aliphatic rings. The smallest absolute Gasteiger partial charge is 0.220 e. The maximum atomic E-state index is 6.34. The van der Waals surface area contributed by atoms with E-state index >= 15 is 0 Å². The van der Waals surface area contributed by atoms with Gasteiger partial charge in [-0.05, 0) is 55.8 Å². The molecule has 0 aromatic heterocycles. The molecule has 2 heterocycles. The van der Waals surface area contributed by atoms with Gasteiger partial charge in [0.2, 0.25) is 11.9 Å². The van der Waals surface area contributed by atoms with Gasteiger partial charge >= 0.3 is 0 Å². The molecule has 0 radical (unpaired) electrons. The van der Waals surface area contributed by atoms with Crippen LogP contribution in [0.1, 0.15) is 43.2 Å². The lowest BCUT2D eigenvalue weighted by atomic mass is 9.86. The molecule has 0 atom stereocenters. The van der Waals surface area contributed by atoms with E-state index in [1.165, 1.54) is 17.5 Å². The lowest BCUT2D eigenvalue weighted by molar-refractivity contribution is 0.305. The molecule has 1 aliphatic carbocycles. The Morgan fingerprint density at radius 1 is 1.13 bits per heavy atom. The van der Waals surface area contributed by atoms with Gasteiger partial charge in [-0.2, -0.15) is 4.99 Å². The number of hydrogen-bond acceptors (Lipinski definition) is 6. The van der Waals surface area contributed by atoms with Crippen LogP contribution in [0.25, 0.3) is 0 Å². The molecule has 0 saturated heterocycles. The summed E-state index contributed by atoms with van der Waals surface area (Å²) in [4.78, 5) is 11.2. The summed E-state index contributed by atoms with van der Waals surface area (Å²) in [5, 5.41) is 3.43. The van der Waals surface area contributed by atoms with Crippen LogP contribution in [-0.4, -0.2) is 24.1 Å². The fourth-order valence-corrected chi connectivity index (χ4v) is 4.19. The average molecular weight is 312 g/mol. The monoisotopic (exact) mass is 312 g/mol. The molecule has 6 nitrogen and oxygen atoms in total. The van der Waals surface area contributed by atoms with Gasteiger partial charge < -0.3 is 16.8 Å². The maximum Gasteiger partial charge on any atom is 0.220 e. The second kappa shape index (κ2) is 5.53. The Morgan fingerprint density at radius 2 is 1.96 bits per heavy atom. The molecule has 0 bridgehead atoms. The number of nitrogens with zero attached hydrogens (tertiary/aromatic N) is 3. The zero-order valence-electron chi connectivity index (χ0n) is 13.4. The molecule has 4 rings (SSSR count). The van der Waals surface area contributed by atoms with Gasteiger partial charge in [-0.15, -0.1) is 0 Å². The van der Waals surface area contributed by atoms with Gasteiger partial charge in [-0.3, -0.25) is 4.90 Å². The highest BCUT2D eigenvalue weighted by Crippen LogP contribution is 2.41. The third kappa shape index (κ3) is 2.37. The van der Waals surface area contributed by atoms with Crippen LogP contribution in [0.5, 0.6) is 0 Å². The van der Waals surface area contributed by atoms with Gasteiger partial charge in [-0.1, -0.05) is 18.6 Å². The lowest BCUT2D eigenvalue weighted by Gasteiger charge is -2.46. The molecule has 1 fully saturated rings. The third-order valence-electron chi connectivity index (χ3n) is 5.21. The lowest BCUT2D eigenvalue weighted by Crippen LogP contribution is -2.58. The quantitative estimate of drug-likeness (QED) is 0.731. The summed E-state index contributed by atoms with van der Waals surface area (Å²) in [7, 11) is 0. The van der Waals surface area contributed by atoms with E-state index in [1.54, 1.807) is 0 Å². The fourth-order valence-electron chi connectivity index (χ4n) is 4.19. The molecular weight excluding hydrogens is 288 g/mol. The minimum Gasteiger partial charge on any atom is -0.369 e. The Balaban J connectivity index is 1.84. The van der Waals surface area contributed by atoms with Crippen LogP contribution in [0.15, 0.2) is 28.2 Å². The second-order valence-corrected chi connectivity index (χ2v) is 6.66. The minimum absolute atomic E-state index is 0.312. The molecule has 5 N–H and O–H groups in total. The molecule has 23 heavy (non-hydrogen) atoms. The highest BCUT2D eigenvalue weighted by atomic mass is 15.4. The highest BCUT2D eigenvalue weighted by Gasteiger charge is 2.43. The van der Waals surface area contributed by atoms with Crippen molar-refractivity contribution in [2.45, 2.75) is 50.7 Å². The minimum atomic E-state index is -0.353. The molecule has 0 amide bonds. The number of nitrogens with two attached hydrogens (primary N) is 2. The number of aliphatic imine (C=N–C) groups is 2. The fraction of sp³-hybridized carbons (Fsp3) is 0.529. The van der Waals surface area contributed by atoms with Crippen LogP contribution in [0.3, 0.4) is 0 Å². The molecule has 1 saturated carbocycles. The topological polar surface area (TPSA) is 92.0 Å². The van der Waals surface area contributed by atoms with Crippen LogP contribution in [0.4, 0.5) is 5.69 Å². The number of anilines is 1. The number of nitrogens with one attached hydrogen (secondary N) is 1. The van der Waals surface area contributed by atoms with Gasteiger partial charge in [0.05, 0.1) is 0 Å². The molecule has 1 aromatic rings. The van der Waals surface area contributed by atoms with Crippen molar-refractivity contribution in [1.82, 2.24) is 5.32 Å². The first-order valence-corrected chi connectivity index (χ1v) is 8.51. The Labute approximate surface area is 136 Å². The SMILES string of the molecule is NC1=NC2(CCCCC2)N(c2cccc3c2CCNC3)C(N)=N1. The van der Waals surface area contributed by atoms with E-state index < -0.39 is 0 Å². The number of guanidine groups is 2. The van der Waals surface area contributed by atoms with Crippen molar-refractivity contribution in [2.24, 2.45) is 21.5 Å². The van der Waals surface area contributed by atoms with Gasteiger partial charge in [-0.25, -0.2) is 4.99 Å². The van der Waals surface area contributed by atoms with Crippen LogP contribution in [0, 0.1) is 0 Å². The van der Waals surface area contributed by atoms with Crippen LogP contribution in [-0.2, 0) is 13.0 Å². The van der Waals surface area contributed by atoms with Crippen molar-refractivity contribution in [3.8, 4) is 0 Å². The van der Waals surface area contributed by atoms with E-state index in [4.69, 9.17) is 16.5 Å². The molecule has 6 heteroatoms. The summed E-state index contributed by atoms with van der Waals surface area (Å²) < 4.78 is 0. The largest absolute Gasteiger partial charge is 0.369 e. The predicted octanol–water partition coefficient (Wildman–Crippen LogP) is 1.44. The summed E-state index contributed by atoms with van der Waals surface area (Å²) in [6.45, 7) is 1.90. The molecule has 122 valence electrons. The van der Waals surface area contributed by atoms with Gasteiger partial charge in [0.25, 0.3) is 0 Å². The first-order chi connectivity index (χ1) is 11.2. The summed E-state index contributed by atoms with van der Waals surface area (Å²) in [6.07, 6.45) is 6.51. The first kappa shape index (κ1) is 14.5. The normalized spacial score (nSPS) is 23.2. The predicted molar refractivity (Wildman–Crippen MR) is 93.4 cm³/mol. The van der Waals surface area contributed by atoms with Gasteiger partial charge in [0.1, 0.15) is 5.66 Å². The summed E-state index contributed by atoms with van der Waals surface area (Å²) in [6, 6.07) is 6.44. The molecule has 1 aromatic carbocycles. The van der Waals surface area contributed by atoms with Crippen molar-refractivity contribution in [3.63, 3.8) is 0 Å². The summed E-state index contributed by atoms with van der Waals surface area (Å²) in [5.41, 5.74) is 15.8. The van der Waals surface area contributed by atoms with Crippen LogP contribution in [0.2, 0.25) is 0 Å².